The van der Waals surface area contributed by atoms with Crippen LogP contribution in [-0.2, 0) is 10.0 Å². The van der Waals surface area contributed by atoms with Crippen molar-refractivity contribution in [1.29, 1.82) is 0 Å². The molecule has 1 unspecified atom stereocenters. The van der Waals surface area contributed by atoms with Gasteiger partial charge in [0.05, 0.1) is 18.1 Å². The Balaban J connectivity index is 0.00000264. The number of hydrogen-bond acceptors (Lipinski definition) is 5. The van der Waals surface area contributed by atoms with E-state index in [0.29, 0.717) is 37.8 Å². The molecule has 2 rings (SSSR count). The summed E-state index contributed by atoms with van der Waals surface area (Å²) in [4.78, 5) is 0.246. The first-order valence-corrected chi connectivity index (χ1v) is 9.04. The molecule has 1 atom stereocenters. The van der Waals surface area contributed by atoms with E-state index in [9.17, 15) is 8.42 Å². The van der Waals surface area contributed by atoms with Crippen LogP contribution in [0.2, 0.25) is 0 Å². The number of ether oxygens (including phenoxy) is 2. The number of benzene rings is 1. The van der Waals surface area contributed by atoms with Crippen LogP contribution in [0, 0.1) is 0 Å². The highest BCUT2D eigenvalue weighted by Crippen LogP contribution is 2.32. The van der Waals surface area contributed by atoms with Crippen molar-refractivity contribution in [2.45, 2.75) is 31.2 Å². The number of halogens is 1. The van der Waals surface area contributed by atoms with Gasteiger partial charge in [-0.25, -0.2) is 8.42 Å². The number of nitrogens with one attached hydrogen (secondary N) is 1. The SMILES string of the molecule is CCOc1ccc(S(=O)(=O)N2CCC(NC)C2)cc1OCC.Cl. The van der Waals surface area contributed by atoms with Gasteiger partial charge in [-0.15, -0.1) is 12.4 Å². The topological polar surface area (TPSA) is 67.9 Å². The quantitative estimate of drug-likeness (QED) is 0.800. The summed E-state index contributed by atoms with van der Waals surface area (Å²) in [5.41, 5.74) is 0. The molecular formula is C15H25ClN2O4S. The maximum Gasteiger partial charge on any atom is 0.243 e. The van der Waals surface area contributed by atoms with Crippen molar-refractivity contribution < 1.29 is 17.9 Å². The Morgan fingerprint density at radius 1 is 1.22 bits per heavy atom. The van der Waals surface area contributed by atoms with Crippen molar-refractivity contribution in [2.75, 3.05) is 33.4 Å². The van der Waals surface area contributed by atoms with Crippen LogP contribution in [0.3, 0.4) is 0 Å². The normalized spacial score (nSPS) is 18.5. The van der Waals surface area contributed by atoms with Gasteiger partial charge in [0.25, 0.3) is 0 Å². The Hall–Kier alpha value is -1.02. The lowest BCUT2D eigenvalue weighted by atomic mass is 10.3. The Kier molecular flexibility index (Phi) is 7.60. The van der Waals surface area contributed by atoms with Crippen LogP contribution in [0.25, 0.3) is 0 Å². The Morgan fingerprint density at radius 2 is 1.87 bits per heavy atom. The number of likely N-dealkylation sites (N-methyl/N-ethyl adjacent to an activating group) is 1. The molecule has 0 aromatic heterocycles. The van der Waals surface area contributed by atoms with Crippen molar-refractivity contribution in [2.24, 2.45) is 0 Å². The molecular weight excluding hydrogens is 340 g/mol. The van der Waals surface area contributed by atoms with Crippen LogP contribution in [-0.4, -0.2) is 52.1 Å². The third-order valence-electron chi connectivity index (χ3n) is 3.71. The standard InChI is InChI=1S/C15H24N2O4S.ClH/c1-4-20-14-7-6-13(10-15(14)21-5-2)22(18,19)17-9-8-12(11-17)16-3;/h6-7,10,12,16H,4-5,8-9,11H2,1-3H3;1H. The van der Waals surface area contributed by atoms with E-state index in [4.69, 9.17) is 9.47 Å². The number of sulfonamides is 1. The molecule has 1 aliphatic heterocycles. The molecule has 6 nitrogen and oxygen atoms in total. The Labute approximate surface area is 144 Å². The van der Waals surface area contributed by atoms with Gasteiger partial charge in [-0.2, -0.15) is 4.31 Å². The zero-order valence-electron chi connectivity index (χ0n) is 13.7. The minimum atomic E-state index is -3.50. The smallest absolute Gasteiger partial charge is 0.243 e. The average Bonchev–Trinajstić information content (AvgIpc) is 2.99. The first-order valence-electron chi connectivity index (χ1n) is 7.60. The molecule has 1 aromatic carbocycles. The fraction of sp³-hybridized carbons (Fsp3) is 0.600. The third kappa shape index (κ3) is 4.50. The van der Waals surface area contributed by atoms with Gasteiger partial charge in [-0.3, -0.25) is 0 Å². The van der Waals surface area contributed by atoms with Crippen LogP contribution >= 0.6 is 12.4 Å². The van der Waals surface area contributed by atoms with Gasteiger partial charge in [0, 0.05) is 25.2 Å². The summed E-state index contributed by atoms with van der Waals surface area (Å²) in [6.45, 7) is 5.72. The minimum Gasteiger partial charge on any atom is -0.490 e. The summed E-state index contributed by atoms with van der Waals surface area (Å²) in [7, 11) is -1.64. The van der Waals surface area contributed by atoms with E-state index in [0.717, 1.165) is 6.42 Å². The zero-order valence-corrected chi connectivity index (χ0v) is 15.4. The van der Waals surface area contributed by atoms with E-state index in [-0.39, 0.29) is 23.3 Å². The Morgan fingerprint density at radius 3 is 2.43 bits per heavy atom. The van der Waals surface area contributed by atoms with E-state index >= 15 is 0 Å². The molecule has 0 amide bonds. The lowest BCUT2D eigenvalue weighted by molar-refractivity contribution is 0.287. The lowest BCUT2D eigenvalue weighted by Crippen LogP contribution is -2.33. The van der Waals surface area contributed by atoms with Crippen LogP contribution in [0.5, 0.6) is 11.5 Å². The number of hydrogen-bond donors (Lipinski definition) is 1. The summed E-state index contributed by atoms with van der Waals surface area (Å²) in [5, 5.41) is 3.12. The second-order valence-electron chi connectivity index (χ2n) is 5.11. The lowest BCUT2D eigenvalue weighted by Gasteiger charge is -2.18. The third-order valence-corrected chi connectivity index (χ3v) is 5.57. The van der Waals surface area contributed by atoms with Crippen molar-refractivity contribution in [1.82, 2.24) is 9.62 Å². The average molecular weight is 365 g/mol. The zero-order chi connectivity index (χ0) is 16.2. The van der Waals surface area contributed by atoms with E-state index in [1.807, 2.05) is 20.9 Å². The van der Waals surface area contributed by atoms with Crippen LogP contribution < -0.4 is 14.8 Å². The molecule has 23 heavy (non-hydrogen) atoms. The Bertz CT molecular complexity index is 609. The maximum atomic E-state index is 12.7. The van der Waals surface area contributed by atoms with Gasteiger partial charge in [-0.1, -0.05) is 0 Å². The fourth-order valence-electron chi connectivity index (χ4n) is 2.52. The second kappa shape index (κ2) is 8.73. The summed E-state index contributed by atoms with van der Waals surface area (Å²) in [6, 6.07) is 5.00. The molecule has 0 radical (unpaired) electrons. The van der Waals surface area contributed by atoms with Crippen LogP contribution in [0.1, 0.15) is 20.3 Å². The van der Waals surface area contributed by atoms with Gasteiger partial charge in [0.15, 0.2) is 11.5 Å². The van der Waals surface area contributed by atoms with Crippen LogP contribution in [0.15, 0.2) is 23.1 Å². The number of rotatable bonds is 7. The van der Waals surface area contributed by atoms with E-state index < -0.39 is 10.0 Å². The molecule has 1 fully saturated rings. The predicted octanol–water partition coefficient (Wildman–Crippen LogP) is 1.89. The van der Waals surface area contributed by atoms with Crippen molar-refractivity contribution in [3.05, 3.63) is 18.2 Å². The molecule has 0 aliphatic carbocycles. The van der Waals surface area contributed by atoms with Crippen molar-refractivity contribution >= 4 is 22.4 Å². The van der Waals surface area contributed by atoms with Crippen LogP contribution in [0.4, 0.5) is 0 Å². The van der Waals surface area contributed by atoms with Gasteiger partial charge in [0.2, 0.25) is 10.0 Å². The second-order valence-corrected chi connectivity index (χ2v) is 7.05. The van der Waals surface area contributed by atoms with Gasteiger partial charge in [0.1, 0.15) is 0 Å². The molecule has 8 heteroatoms. The fourth-order valence-corrected chi connectivity index (χ4v) is 4.04. The number of nitrogens with zero attached hydrogens (tertiary/aromatic N) is 1. The van der Waals surface area contributed by atoms with E-state index in [1.54, 1.807) is 18.2 Å². The molecule has 1 N–H and O–H groups in total. The molecule has 1 saturated heterocycles. The summed E-state index contributed by atoms with van der Waals surface area (Å²) in [6.07, 6.45) is 0.824. The molecule has 132 valence electrons. The van der Waals surface area contributed by atoms with Gasteiger partial charge < -0.3 is 14.8 Å². The van der Waals surface area contributed by atoms with Crippen molar-refractivity contribution in [3.8, 4) is 11.5 Å². The molecule has 0 bridgehead atoms. The summed E-state index contributed by atoms with van der Waals surface area (Å²) in [5.74, 6) is 1.03. The largest absolute Gasteiger partial charge is 0.490 e. The molecule has 1 aliphatic rings. The minimum absolute atomic E-state index is 0. The van der Waals surface area contributed by atoms with E-state index in [2.05, 4.69) is 5.32 Å². The summed E-state index contributed by atoms with van der Waals surface area (Å²) < 4.78 is 37.9. The molecule has 1 heterocycles. The summed E-state index contributed by atoms with van der Waals surface area (Å²) >= 11 is 0. The molecule has 0 spiro atoms. The molecule has 0 saturated carbocycles. The monoisotopic (exact) mass is 364 g/mol. The van der Waals surface area contributed by atoms with Gasteiger partial charge >= 0.3 is 0 Å². The highest BCUT2D eigenvalue weighted by molar-refractivity contribution is 7.89. The maximum absolute atomic E-state index is 12.7. The first-order chi connectivity index (χ1) is 10.5. The molecule has 1 aromatic rings. The van der Waals surface area contributed by atoms with Gasteiger partial charge in [-0.05, 0) is 39.4 Å². The van der Waals surface area contributed by atoms with Crippen molar-refractivity contribution in [3.63, 3.8) is 0 Å². The highest BCUT2D eigenvalue weighted by Gasteiger charge is 2.32. The van der Waals surface area contributed by atoms with E-state index in [1.165, 1.54) is 4.31 Å². The predicted molar refractivity (Wildman–Crippen MR) is 92.3 cm³/mol. The first kappa shape index (κ1) is 20.0. The highest BCUT2D eigenvalue weighted by atomic mass is 35.5.